The molecule has 0 unspecified atom stereocenters. The zero-order chi connectivity index (χ0) is 13.1. The fourth-order valence-electron chi connectivity index (χ4n) is 1.94. The van der Waals surface area contributed by atoms with Crippen molar-refractivity contribution in [2.75, 3.05) is 11.9 Å². The van der Waals surface area contributed by atoms with Crippen LogP contribution in [-0.4, -0.2) is 17.9 Å². The van der Waals surface area contributed by atoms with E-state index in [0.29, 0.717) is 5.69 Å². The molecule has 18 heavy (non-hydrogen) atoms. The van der Waals surface area contributed by atoms with Crippen LogP contribution in [0.25, 0.3) is 0 Å². The minimum atomic E-state index is -0.0222. The smallest absolute Gasteiger partial charge is 0.143 e. The predicted octanol–water partition coefficient (Wildman–Crippen LogP) is 2.44. The second kappa shape index (κ2) is 4.87. The first-order valence-electron chi connectivity index (χ1n) is 5.70. The lowest BCUT2D eigenvalue weighted by molar-refractivity contribution is 1.14. The lowest BCUT2D eigenvalue weighted by Crippen LogP contribution is -2.20. The van der Waals surface area contributed by atoms with Crippen LogP contribution >= 0.6 is 0 Å². The van der Waals surface area contributed by atoms with Gasteiger partial charge in [0, 0.05) is 18.9 Å². The van der Waals surface area contributed by atoms with E-state index in [0.717, 1.165) is 11.4 Å². The first kappa shape index (κ1) is 12.1. The largest absolute Gasteiger partial charge is 0.382 e. The summed E-state index contributed by atoms with van der Waals surface area (Å²) in [5.41, 5.74) is 9.14. The number of aromatic nitrogens is 1. The van der Waals surface area contributed by atoms with Crippen LogP contribution in [0, 0.1) is 12.3 Å². The van der Waals surface area contributed by atoms with E-state index in [2.05, 4.69) is 18.0 Å². The van der Waals surface area contributed by atoms with Crippen LogP contribution in [0.2, 0.25) is 0 Å². The first-order chi connectivity index (χ1) is 8.61. The van der Waals surface area contributed by atoms with Crippen LogP contribution in [0.5, 0.6) is 0 Å². The summed E-state index contributed by atoms with van der Waals surface area (Å²) < 4.78 is 0. The zero-order valence-corrected chi connectivity index (χ0v) is 10.5. The minimum absolute atomic E-state index is 0.0222. The summed E-state index contributed by atoms with van der Waals surface area (Å²) in [5.74, 6) is -0.0222. The van der Waals surface area contributed by atoms with E-state index in [4.69, 9.17) is 11.1 Å². The van der Waals surface area contributed by atoms with Crippen molar-refractivity contribution >= 4 is 17.2 Å². The average Bonchev–Trinajstić information content (AvgIpc) is 2.38. The van der Waals surface area contributed by atoms with Gasteiger partial charge in [0.15, 0.2) is 0 Å². The summed E-state index contributed by atoms with van der Waals surface area (Å²) in [6.45, 7) is 2.05. The van der Waals surface area contributed by atoms with Crippen LogP contribution in [0.3, 0.4) is 0 Å². The maximum absolute atomic E-state index is 7.57. The topological polar surface area (TPSA) is 66.0 Å². The Bertz CT molecular complexity index is 578. The van der Waals surface area contributed by atoms with Crippen LogP contribution in [0.4, 0.5) is 11.4 Å². The third-order valence-electron chi connectivity index (χ3n) is 2.88. The number of anilines is 2. The maximum Gasteiger partial charge on any atom is 0.143 e. The Morgan fingerprint density at radius 2 is 1.83 bits per heavy atom. The minimum Gasteiger partial charge on any atom is -0.382 e. The number of amidine groups is 1. The number of nitrogens with one attached hydrogen (secondary N) is 1. The summed E-state index contributed by atoms with van der Waals surface area (Å²) >= 11 is 0. The van der Waals surface area contributed by atoms with Crippen LogP contribution in [0.15, 0.2) is 42.6 Å². The summed E-state index contributed by atoms with van der Waals surface area (Å²) in [7, 11) is 1.95. The number of aryl methyl sites for hydroxylation is 1. The van der Waals surface area contributed by atoms with Gasteiger partial charge in [-0.3, -0.25) is 10.4 Å². The number of para-hydroxylation sites is 1. The Hall–Kier alpha value is -2.36. The normalized spacial score (nSPS) is 10.1. The molecule has 0 bridgehead atoms. The van der Waals surface area contributed by atoms with Gasteiger partial charge in [-0.2, -0.15) is 0 Å². The lowest BCUT2D eigenvalue weighted by Gasteiger charge is -2.23. The lowest BCUT2D eigenvalue weighted by atomic mass is 10.1. The van der Waals surface area contributed by atoms with E-state index in [9.17, 15) is 0 Å². The standard InChI is InChI=1S/C14H16N4/c1-10-6-3-4-7-11(10)18(2)12-8-5-9-17-13(12)14(15)16/h3-9H,1-2H3,(H3,15,16). The molecule has 0 aliphatic rings. The van der Waals surface area contributed by atoms with Crippen molar-refractivity contribution in [2.24, 2.45) is 5.73 Å². The van der Waals surface area contributed by atoms with Gasteiger partial charge >= 0.3 is 0 Å². The van der Waals surface area contributed by atoms with E-state index in [1.807, 2.05) is 42.3 Å². The number of hydrogen-bond acceptors (Lipinski definition) is 3. The molecular weight excluding hydrogens is 224 g/mol. The molecule has 0 saturated carbocycles. The molecule has 1 aromatic heterocycles. The average molecular weight is 240 g/mol. The molecule has 4 nitrogen and oxygen atoms in total. The SMILES string of the molecule is Cc1ccccc1N(C)c1cccnc1C(=N)N. The molecule has 4 heteroatoms. The van der Waals surface area contributed by atoms with Gasteiger partial charge in [0.25, 0.3) is 0 Å². The van der Waals surface area contributed by atoms with Crippen molar-refractivity contribution in [1.82, 2.24) is 4.98 Å². The van der Waals surface area contributed by atoms with Gasteiger partial charge in [0.05, 0.1) is 5.69 Å². The molecule has 0 aliphatic carbocycles. The van der Waals surface area contributed by atoms with Crippen molar-refractivity contribution < 1.29 is 0 Å². The van der Waals surface area contributed by atoms with E-state index < -0.39 is 0 Å². The summed E-state index contributed by atoms with van der Waals surface area (Å²) in [6.07, 6.45) is 1.64. The summed E-state index contributed by atoms with van der Waals surface area (Å²) in [6, 6.07) is 11.8. The third-order valence-corrected chi connectivity index (χ3v) is 2.88. The van der Waals surface area contributed by atoms with E-state index in [-0.39, 0.29) is 5.84 Å². The van der Waals surface area contributed by atoms with E-state index in [1.54, 1.807) is 6.20 Å². The van der Waals surface area contributed by atoms with E-state index >= 15 is 0 Å². The Kier molecular flexibility index (Phi) is 3.28. The molecule has 0 aliphatic heterocycles. The highest BCUT2D eigenvalue weighted by molar-refractivity contribution is 5.99. The Morgan fingerprint density at radius 3 is 2.50 bits per heavy atom. The molecule has 2 aromatic rings. The second-order valence-corrected chi connectivity index (χ2v) is 4.13. The highest BCUT2D eigenvalue weighted by atomic mass is 15.1. The number of nitrogens with two attached hydrogens (primary N) is 1. The van der Waals surface area contributed by atoms with E-state index in [1.165, 1.54) is 5.56 Å². The van der Waals surface area contributed by atoms with Crippen LogP contribution in [-0.2, 0) is 0 Å². The van der Waals surface area contributed by atoms with Gasteiger partial charge in [0.1, 0.15) is 11.5 Å². The highest BCUT2D eigenvalue weighted by Crippen LogP contribution is 2.27. The molecule has 0 fully saturated rings. The Labute approximate surface area is 107 Å². The van der Waals surface area contributed by atoms with Gasteiger partial charge in [-0.1, -0.05) is 18.2 Å². The molecule has 0 amide bonds. The number of benzene rings is 1. The zero-order valence-electron chi connectivity index (χ0n) is 10.5. The fourth-order valence-corrected chi connectivity index (χ4v) is 1.94. The Balaban J connectivity index is 2.50. The fraction of sp³-hybridized carbons (Fsp3) is 0.143. The summed E-state index contributed by atoms with van der Waals surface area (Å²) in [5, 5.41) is 7.57. The number of hydrogen-bond donors (Lipinski definition) is 2. The quantitative estimate of drug-likeness (QED) is 0.639. The number of nitrogens with zero attached hydrogens (tertiary/aromatic N) is 2. The first-order valence-corrected chi connectivity index (χ1v) is 5.70. The van der Waals surface area contributed by atoms with Crippen LogP contribution < -0.4 is 10.6 Å². The molecule has 1 aromatic carbocycles. The highest BCUT2D eigenvalue weighted by Gasteiger charge is 2.13. The second-order valence-electron chi connectivity index (χ2n) is 4.13. The molecule has 0 atom stereocenters. The predicted molar refractivity (Wildman–Crippen MR) is 74.5 cm³/mol. The van der Waals surface area contributed by atoms with Crippen molar-refractivity contribution in [3.05, 3.63) is 53.9 Å². The summed E-state index contributed by atoms with van der Waals surface area (Å²) in [4.78, 5) is 6.16. The van der Waals surface area contributed by atoms with Gasteiger partial charge in [0.2, 0.25) is 0 Å². The molecule has 0 radical (unpaired) electrons. The number of rotatable bonds is 3. The Morgan fingerprint density at radius 1 is 1.17 bits per heavy atom. The molecular formula is C14H16N4. The van der Waals surface area contributed by atoms with Gasteiger partial charge in [-0.05, 0) is 30.7 Å². The number of nitrogen functional groups attached to an aromatic ring is 1. The van der Waals surface area contributed by atoms with Gasteiger partial charge < -0.3 is 10.6 Å². The van der Waals surface area contributed by atoms with Crippen molar-refractivity contribution in [3.63, 3.8) is 0 Å². The third kappa shape index (κ3) is 2.18. The number of pyridine rings is 1. The van der Waals surface area contributed by atoms with Crippen molar-refractivity contribution in [3.8, 4) is 0 Å². The monoisotopic (exact) mass is 240 g/mol. The molecule has 92 valence electrons. The molecule has 0 saturated heterocycles. The molecule has 1 heterocycles. The van der Waals surface area contributed by atoms with Crippen molar-refractivity contribution in [2.45, 2.75) is 6.92 Å². The molecule has 3 N–H and O–H groups in total. The molecule has 0 spiro atoms. The van der Waals surface area contributed by atoms with Gasteiger partial charge in [-0.25, -0.2) is 0 Å². The van der Waals surface area contributed by atoms with Crippen molar-refractivity contribution in [1.29, 1.82) is 5.41 Å². The molecule has 2 rings (SSSR count). The van der Waals surface area contributed by atoms with Gasteiger partial charge in [-0.15, -0.1) is 0 Å². The van der Waals surface area contributed by atoms with Crippen LogP contribution in [0.1, 0.15) is 11.3 Å². The maximum atomic E-state index is 7.57.